The first kappa shape index (κ1) is 7.46. The van der Waals surface area contributed by atoms with Crippen LogP contribution in [0.15, 0.2) is 23.6 Å². The first-order chi connectivity index (χ1) is 4.61. The molecule has 0 saturated carbocycles. The first-order valence-electron chi connectivity index (χ1n) is 2.66. The van der Waals surface area contributed by atoms with Gasteiger partial charge in [-0.05, 0) is 16.6 Å². The van der Waals surface area contributed by atoms with Crippen molar-refractivity contribution >= 4 is 10.5 Å². The molecule has 0 aliphatic rings. The van der Waals surface area contributed by atoms with E-state index in [1.165, 1.54) is 6.26 Å². The maximum atomic E-state index is 9.23. The molecule has 5 heteroatoms. The van der Waals surface area contributed by atoms with Gasteiger partial charge in [-0.15, -0.1) is 0 Å². The summed E-state index contributed by atoms with van der Waals surface area (Å²) in [5, 5.41) is 5.69. The van der Waals surface area contributed by atoms with Crippen molar-refractivity contribution in [2.24, 2.45) is 5.14 Å². The zero-order valence-corrected chi connectivity index (χ0v) is 6.38. The summed E-state index contributed by atoms with van der Waals surface area (Å²) in [4.78, 5) is 7.60. The van der Waals surface area contributed by atoms with Crippen LogP contribution in [0.5, 0.6) is 0 Å². The van der Waals surface area contributed by atoms with Crippen LogP contribution in [0.2, 0.25) is 0 Å². The predicted octanol–water partition coefficient (Wildman–Crippen LogP) is 0.617. The molecule has 0 amide bonds. The highest BCUT2D eigenvalue weighted by Crippen LogP contribution is 2.35. The van der Waals surface area contributed by atoms with Crippen molar-refractivity contribution in [1.29, 1.82) is 0 Å². The summed E-state index contributed by atoms with van der Waals surface area (Å²) >= 11 is 0. The summed E-state index contributed by atoms with van der Waals surface area (Å²) in [5.41, 5.74) is 0. The van der Waals surface area contributed by atoms with Gasteiger partial charge in [0.25, 0.3) is 0 Å². The molecule has 0 aliphatic heterocycles. The van der Waals surface area contributed by atoms with Gasteiger partial charge in [-0.2, -0.15) is 0 Å². The van der Waals surface area contributed by atoms with Gasteiger partial charge in [0.2, 0.25) is 5.16 Å². The van der Waals surface area contributed by atoms with Gasteiger partial charge in [0.05, 0.1) is 0 Å². The molecular weight excluding hydrogens is 150 g/mol. The van der Waals surface area contributed by atoms with Crippen molar-refractivity contribution in [3.05, 3.63) is 18.5 Å². The molecule has 1 rings (SSSR count). The van der Waals surface area contributed by atoms with E-state index in [-0.39, 0.29) is 0 Å². The van der Waals surface area contributed by atoms with Crippen molar-refractivity contribution < 1.29 is 4.55 Å². The second kappa shape index (κ2) is 2.53. The van der Waals surface area contributed by atoms with Crippen LogP contribution in [0.3, 0.4) is 0 Å². The minimum Gasteiger partial charge on any atom is -0.331 e. The van der Waals surface area contributed by atoms with E-state index in [0.29, 0.717) is 5.16 Å². The van der Waals surface area contributed by atoms with Crippen molar-refractivity contribution in [2.45, 2.75) is 5.16 Å². The molecule has 0 radical (unpaired) electrons. The van der Waals surface area contributed by atoms with Gasteiger partial charge < -0.3 is 4.55 Å². The molecule has 3 N–H and O–H groups in total. The van der Waals surface area contributed by atoms with Crippen LogP contribution in [0.4, 0.5) is 0 Å². The Kier molecular flexibility index (Phi) is 1.89. The fraction of sp³-hybridized carbons (Fsp3) is 0.200. The minimum atomic E-state index is -2.23. The Labute approximate surface area is 60.8 Å². The molecule has 0 bridgehead atoms. The molecule has 0 saturated heterocycles. The SMILES string of the molecule is CS(N)(O)c1ncccn1. The molecule has 10 heavy (non-hydrogen) atoms. The summed E-state index contributed by atoms with van der Waals surface area (Å²) < 4.78 is 9.23. The Bertz CT molecular complexity index is 208. The summed E-state index contributed by atoms with van der Waals surface area (Å²) in [6.07, 6.45) is 4.62. The van der Waals surface area contributed by atoms with E-state index in [2.05, 4.69) is 9.97 Å². The summed E-state index contributed by atoms with van der Waals surface area (Å²) in [6.45, 7) is 0. The Hall–Kier alpha value is -0.650. The van der Waals surface area contributed by atoms with E-state index < -0.39 is 10.5 Å². The van der Waals surface area contributed by atoms with Gasteiger partial charge in [0, 0.05) is 18.6 Å². The Morgan fingerprint density at radius 3 is 2.30 bits per heavy atom. The van der Waals surface area contributed by atoms with E-state index >= 15 is 0 Å². The van der Waals surface area contributed by atoms with Crippen molar-refractivity contribution in [1.82, 2.24) is 9.97 Å². The number of aromatic nitrogens is 2. The highest BCUT2D eigenvalue weighted by Gasteiger charge is 2.12. The number of nitrogens with zero attached hydrogens (tertiary/aromatic N) is 2. The smallest absolute Gasteiger partial charge is 0.205 e. The predicted molar refractivity (Wildman–Crippen MR) is 40.6 cm³/mol. The lowest BCUT2D eigenvalue weighted by atomic mass is 10.7. The van der Waals surface area contributed by atoms with Gasteiger partial charge in [-0.3, -0.25) is 5.14 Å². The maximum absolute atomic E-state index is 9.23. The zero-order valence-electron chi connectivity index (χ0n) is 5.56. The van der Waals surface area contributed by atoms with E-state index in [0.717, 1.165) is 0 Å². The lowest BCUT2D eigenvalue weighted by Crippen LogP contribution is -2.10. The van der Waals surface area contributed by atoms with E-state index in [1.807, 2.05) is 0 Å². The maximum Gasteiger partial charge on any atom is 0.205 e. The molecule has 0 fully saturated rings. The third-order valence-electron chi connectivity index (χ3n) is 0.912. The van der Waals surface area contributed by atoms with E-state index in [9.17, 15) is 4.55 Å². The largest absolute Gasteiger partial charge is 0.331 e. The second-order valence-corrected chi connectivity index (χ2v) is 4.21. The van der Waals surface area contributed by atoms with Crippen LogP contribution in [-0.4, -0.2) is 20.8 Å². The standard InChI is InChI=1S/C5H9N3OS/c1-10(6,9)5-7-3-2-4-8-5/h2-4,9H,6H2,1H3. The quantitative estimate of drug-likeness (QED) is 0.589. The van der Waals surface area contributed by atoms with E-state index in [1.54, 1.807) is 18.5 Å². The molecule has 0 spiro atoms. The van der Waals surface area contributed by atoms with Crippen LogP contribution in [0.1, 0.15) is 0 Å². The minimum absolute atomic E-state index is 0.315. The van der Waals surface area contributed by atoms with Crippen LogP contribution < -0.4 is 5.14 Å². The highest BCUT2D eigenvalue weighted by molar-refractivity contribution is 8.26. The van der Waals surface area contributed by atoms with Crippen molar-refractivity contribution in [3.63, 3.8) is 0 Å². The zero-order chi connectivity index (χ0) is 7.61. The summed E-state index contributed by atoms with van der Waals surface area (Å²) in [7, 11) is -2.23. The number of nitrogens with two attached hydrogens (primary N) is 1. The highest BCUT2D eigenvalue weighted by atomic mass is 32.3. The first-order valence-corrected chi connectivity index (χ1v) is 4.72. The van der Waals surface area contributed by atoms with Gasteiger partial charge >= 0.3 is 0 Å². The fourth-order valence-corrected chi connectivity index (χ4v) is 1.05. The van der Waals surface area contributed by atoms with Crippen LogP contribution in [0, 0.1) is 0 Å². The molecule has 1 atom stereocenters. The van der Waals surface area contributed by atoms with Gasteiger partial charge in [-0.25, -0.2) is 9.97 Å². The van der Waals surface area contributed by atoms with Gasteiger partial charge in [-0.1, -0.05) is 0 Å². The molecule has 56 valence electrons. The lowest BCUT2D eigenvalue weighted by Gasteiger charge is -2.19. The molecular formula is C5H9N3OS. The Morgan fingerprint density at radius 1 is 1.50 bits per heavy atom. The van der Waals surface area contributed by atoms with Crippen LogP contribution >= 0.6 is 10.5 Å². The van der Waals surface area contributed by atoms with Gasteiger partial charge in [0.15, 0.2) is 0 Å². The average molecular weight is 159 g/mol. The molecule has 1 aromatic heterocycles. The van der Waals surface area contributed by atoms with E-state index in [4.69, 9.17) is 5.14 Å². The van der Waals surface area contributed by atoms with Crippen molar-refractivity contribution in [3.8, 4) is 0 Å². The monoisotopic (exact) mass is 159 g/mol. The van der Waals surface area contributed by atoms with Crippen LogP contribution in [0.25, 0.3) is 0 Å². The fourth-order valence-electron chi connectivity index (χ4n) is 0.499. The van der Waals surface area contributed by atoms with Gasteiger partial charge in [0.1, 0.15) is 0 Å². The molecule has 0 aliphatic carbocycles. The lowest BCUT2D eigenvalue weighted by molar-refractivity contribution is 0.621. The Balaban J connectivity index is 2.97. The molecule has 1 heterocycles. The molecule has 0 aromatic carbocycles. The summed E-state index contributed by atoms with van der Waals surface area (Å²) in [5.74, 6) is 0. The van der Waals surface area contributed by atoms with Crippen molar-refractivity contribution in [2.75, 3.05) is 6.26 Å². The number of hydrogen-bond donors (Lipinski definition) is 2. The molecule has 1 unspecified atom stereocenters. The van der Waals surface area contributed by atoms with Crippen LogP contribution in [-0.2, 0) is 0 Å². The third-order valence-corrected chi connectivity index (χ3v) is 1.86. The summed E-state index contributed by atoms with van der Waals surface area (Å²) in [6, 6.07) is 1.68. The second-order valence-electron chi connectivity index (χ2n) is 1.97. The Morgan fingerprint density at radius 2 is 2.00 bits per heavy atom. The third kappa shape index (κ3) is 1.66. The average Bonchev–Trinajstić information content (AvgIpc) is 1.88. The topological polar surface area (TPSA) is 72.0 Å². The molecule has 1 aromatic rings. The number of rotatable bonds is 1. The number of hydrogen-bond acceptors (Lipinski definition) is 4. The normalized spacial score (nSPS) is 19.5. The molecule has 4 nitrogen and oxygen atoms in total.